The molecule has 6 heteroatoms. The van der Waals surface area contributed by atoms with E-state index in [1.165, 1.54) is 16.0 Å². The molecule has 0 saturated heterocycles. The van der Waals surface area contributed by atoms with Crippen LogP contribution in [-0.4, -0.2) is 23.1 Å². The Bertz CT molecular complexity index is 1300. The molecule has 33 heavy (non-hydrogen) atoms. The first-order valence-corrected chi connectivity index (χ1v) is 11.7. The summed E-state index contributed by atoms with van der Waals surface area (Å²) < 4.78 is 6.78. The lowest BCUT2D eigenvalue weighted by Crippen LogP contribution is -2.09. The molecule has 0 aliphatic heterocycles. The highest BCUT2D eigenvalue weighted by molar-refractivity contribution is 7.22. The van der Waals surface area contributed by atoms with Gasteiger partial charge in [0.05, 0.1) is 23.4 Å². The van der Waals surface area contributed by atoms with E-state index >= 15 is 0 Å². The van der Waals surface area contributed by atoms with E-state index in [4.69, 9.17) is 4.74 Å². The Morgan fingerprint density at radius 3 is 2.30 bits per heavy atom. The van der Waals surface area contributed by atoms with Gasteiger partial charge in [-0.25, -0.2) is 9.97 Å². The maximum Gasteiger partial charge on any atom is 0.151 e. The van der Waals surface area contributed by atoms with Gasteiger partial charge in [0.25, 0.3) is 0 Å². The average molecular weight is 453 g/mol. The van der Waals surface area contributed by atoms with E-state index in [1.807, 2.05) is 36.4 Å². The molecule has 164 valence electrons. The minimum Gasteiger partial charge on any atom is -0.383 e. The van der Waals surface area contributed by atoms with Gasteiger partial charge < -0.3 is 15.4 Å². The first kappa shape index (κ1) is 21.1. The Kier molecular flexibility index (Phi) is 6.56. The molecule has 0 unspecified atom stereocenters. The topological polar surface area (TPSA) is 59.1 Å². The lowest BCUT2D eigenvalue weighted by molar-refractivity contribution is 0.130. The molecule has 0 bridgehead atoms. The molecule has 0 spiro atoms. The maximum atomic E-state index is 5.73. The number of thiophene rings is 1. The molecule has 2 aromatic heterocycles. The summed E-state index contributed by atoms with van der Waals surface area (Å²) in [7, 11) is 0. The van der Waals surface area contributed by atoms with Crippen LogP contribution in [0.3, 0.4) is 0 Å². The first-order chi connectivity index (χ1) is 16.3. The fourth-order valence-corrected chi connectivity index (χ4v) is 4.59. The molecule has 0 radical (unpaired) electrons. The number of nitrogens with one attached hydrogen (secondary N) is 2. The first-order valence-electron chi connectivity index (χ1n) is 10.9. The van der Waals surface area contributed by atoms with Crippen molar-refractivity contribution < 1.29 is 4.74 Å². The standard InChI is InChI=1S/C27H24N4OS/c1-3-7-20(8-4-1)18-32-16-15-28-22-11-13-23(14-12-22)31-27-26-24(29-19-30-27)17-25(33-26)21-9-5-2-6-10-21/h1-14,17,19,28H,15-16,18H2,(H,29,30,31). The highest BCUT2D eigenvalue weighted by Crippen LogP contribution is 2.36. The molecule has 5 nitrogen and oxygen atoms in total. The lowest BCUT2D eigenvalue weighted by Gasteiger charge is -2.10. The predicted molar refractivity (Wildman–Crippen MR) is 137 cm³/mol. The van der Waals surface area contributed by atoms with E-state index in [0.717, 1.165) is 34.0 Å². The van der Waals surface area contributed by atoms with Crippen LogP contribution in [0, 0.1) is 0 Å². The summed E-state index contributed by atoms with van der Waals surface area (Å²) in [4.78, 5) is 10.1. The molecular formula is C27H24N4OS. The smallest absolute Gasteiger partial charge is 0.151 e. The van der Waals surface area contributed by atoms with Crippen molar-refractivity contribution >= 4 is 38.7 Å². The number of anilines is 3. The highest BCUT2D eigenvalue weighted by atomic mass is 32.1. The zero-order valence-electron chi connectivity index (χ0n) is 18.1. The van der Waals surface area contributed by atoms with Crippen LogP contribution in [0.1, 0.15) is 5.56 Å². The average Bonchev–Trinajstić information content (AvgIpc) is 3.32. The van der Waals surface area contributed by atoms with Gasteiger partial charge in [-0.1, -0.05) is 60.7 Å². The quantitative estimate of drug-likeness (QED) is 0.243. The van der Waals surface area contributed by atoms with Crippen LogP contribution in [0.4, 0.5) is 17.2 Å². The van der Waals surface area contributed by atoms with Gasteiger partial charge >= 0.3 is 0 Å². The van der Waals surface area contributed by atoms with Gasteiger partial charge in [0, 0.05) is 22.8 Å². The minimum absolute atomic E-state index is 0.632. The molecule has 0 aliphatic carbocycles. The van der Waals surface area contributed by atoms with Gasteiger partial charge in [0.2, 0.25) is 0 Å². The van der Waals surface area contributed by atoms with Gasteiger partial charge in [-0.3, -0.25) is 0 Å². The van der Waals surface area contributed by atoms with Crippen LogP contribution in [0.15, 0.2) is 97.3 Å². The summed E-state index contributed by atoms with van der Waals surface area (Å²) in [5, 5.41) is 6.84. The molecular weight excluding hydrogens is 428 g/mol. The third-order valence-electron chi connectivity index (χ3n) is 5.20. The second-order valence-corrected chi connectivity index (χ2v) is 8.63. The van der Waals surface area contributed by atoms with Gasteiger partial charge in [-0.15, -0.1) is 11.3 Å². The summed E-state index contributed by atoms with van der Waals surface area (Å²) in [6.45, 7) is 2.03. The van der Waals surface area contributed by atoms with Crippen molar-refractivity contribution in [2.45, 2.75) is 6.61 Å². The normalized spacial score (nSPS) is 10.9. The molecule has 5 rings (SSSR count). The SMILES string of the molecule is c1ccc(COCCNc2ccc(Nc3ncnc4cc(-c5ccccc5)sc34)cc2)cc1. The van der Waals surface area contributed by atoms with Gasteiger partial charge in [0.15, 0.2) is 5.82 Å². The second kappa shape index (κ2) is 10.3. The Morgan fingerprint density at radius 2 is 1.52 bits per heavy atom. The summed E-state index contributed by atoms with van der Waals surface area (Å²) >= 11 is 1.70. The molecule has 0 aliphatic rings. The van der Waals surface area contributed by atoms with Crippen LogP contribution in [-0.2, 0) is 11.3 Å². The monoisotopic (exact) mass is 452 g/mol. The summed E-state index contributed by atoms with van der Waals surface area (Å²) in [6, 6.07) is 30.9. The number of aromatic nitrogens is 2. The van der Waals surface area contributed by atoms with Crippen molar-refractivity contribution in [1.29, 1.82) is 0 Å². The zero-order valence-corrected chi connectivity index (χ0v) is 18.9. The second-order valence-electron chi connectivity index (χ2n) is 7.58. The molecule has 0 atom stereocenters. The summed E-state index contributed by atoms with van der Waals surface area (Å²) in [5.74, 6) is 0.821. The van der Waals surface area contributed by atoms with E-state index in [0.29, 0.717) is 13.2 Å². The van der Waals surface area contributed by atoms with Crippen LogP contribution in [0.2, 0.25) is 0 Å². The van der Waals surface area contributed by atoms with E-state index in [-0.39, 0.29) is 0 Å². The number of fused-ring (bicyclic) bond motifs is 1. The highest BCUT2D eigenvalue weighted by Gasteiger charge is 2.10. The molecule has 2 heterocycles. The van der Waals surface area contributed by atoms with Crippen molar-refractivity contribution in [2.24, 2.45) is 0 Å². The van der Waals surface area contributed by atoms with E-state index in [1.54, 1.807) is 17.7 Å². The number of nitrogens with zero attached hydrogens (tertiary/aromatic N) is 2. The van der Waals surface area contributed by atoms with Gasteiger partial charge in [-0.2, -0.15) is 0 Å². The molecule has 0 fully saturated rings. The third kappa shape index (κ3) is 5.37. The van der Waals surface area contributed by atoms with Crippen molar-refractivity contribution in [1.82, 2.24) is 9.97 Å². The Hall–Kier alpha value is -3.74. The number of hydrogen-bond donors (Lipinski definition) is 2. The number of hydrogen-bond acceptors (Lipinski definition) is 6. The maximum absolute atomic E-state index is 5.73. The summed E-state index contributed by atoms with van der Waals surface area (Å²) in [6.07, 6.45) is 1.61. The van der Waals surface area contributed by atoms with Crippen molar-refractivity contribution in [3.63, 3.8) is 0 Å². The van der Waals surface area contributed by atoms with Gasteiger partial charge in [-0.05, 0) is 41.5 Å². The lowest BCUT2D eigenvalue weighted by atomic mass is 10.2. The minimum atomic E-state index is 0.632. The number of benzene rings is 3. The number of rotatable bonds is 9. The van der Waals surface area contributed by atoms with Gasteiger partial charge in [0.1, 0.15) is 6.33 Å². The largest absolute Gasteiger partial charge is 0.383 e. The van der Waals surface area contributed by atoms with Crippen LogP contribution >= 0.6 is 11.3 Å². The zero-order chi connectivity index (χ0) is 22.3. The van der Waals surface area contributed by atoms with E-state index in [2.05, 4.69) is 75.2 Å². The van der Waals surface area contributed by atoms with Crippen LogP contribution in [0.25, 0.3) is 20.7 Å². The molecule has 5 aromatic rings. The fraction of sp³-hybridized carbons (Fsp3) is 0.111. The third-order valence-corrected chi connectivity index (χ3v) is 6.38. The predicted octanol–water partition coefficient (Wildman–Crippen LogP) is 6.73. The van der Waals surface area contributed by atoms with Crippen LogP contribution < -0.4 is 10.6 Å². The van der Waals surface area contributed by atoms with E-state index < -0.39 is 0 Å². The molecule has 3 aromatic carbocycles. The van der Waals surface area contributed by atoms with Crippen LogP contribution in [0.5, 0.6) is 0 Å². The van der Waals surface area contributed by atoms with Crippen molar-refractivity contribution in [3.8, 4) is 10.4 Å². The Labute approximate surface area is 197 Å². The molecule has 2 N–H and O–H groups in total. The molecule has 0 saturated carbocycles. The van der Waals surface area contributed by atoms with Crippen molar-refractivity contribution in [3.05, 3.63) is 103 Å². The van der Waals surface area contributed by atoms with E-state index in [9.17, 15) is 0 Å². The number of ether oxygens (including phenoxy) is 1. The fourth-order valence-electron chi connectivity index (χ4n) is 3.53. The van der Waals surface area contributed by atoms with Crippen molar-refractivity contribution in [2.75, 3.05) is 23.8 Å². The Morgan fingerprint density at radius 1 is 0.788 bits per heavy atom. The summed E-state index contributed by atoms with van der Waals surface area (Å²) in [5.41, 5.74) is 5.36. The Balaban J connectivity index is 1.18. The molecule has 0 amide bonds.